The largest absolute Gasteiger partial charge is 0.473 e. The summed E-state index contributed by atoms with van der Waals surface area (Å²) < 4.78 is 12.3. The molecule has 0 aromatic heterocycles. The summed E-state index contributed by atoms with van der Waals surface area (Å²) in [6.07, 6.45) is 14.0. The van der Waals surface area contributed by atoms with Crippen LogP contribution < -0.4 is 9.80 Å². The molecule has 4 nitrogen and oxygen atoms in total. The highest BCUT2D eigenvalue weighted by molar-refractivity contribution is 5.52. The molecule has 2 fully saturated rings. The molecule has 3 atom stereocenters. The summed E-state index contributed by atoms with van der Waals surface area (Å²) in [4.78, 5) is 4.65. The Bertz CT molecular complexity index is 1100. The van der Waals surface area contributed by atoms with Crippen LogP contribution in [0.1, 0.15) is 12.8 Å². The van der Waals surface area contributed by atoms with E-state index in [1.54, 1.807) is 0 Å². The summed E-state index contributed by atoms with van der Waals surface area (Å²) in [6.45, 7) is 3.21. The highest BCUT2D eigenvalue weighted by atomic mass is 16.5. The van der Waals surface area contributed by atoms with Crippen molar-refractivity contribution >= 4 is 11.4 Å². The fourth-order valence-corrected chi connectivity index (χ4v) is 5.36. The SMILES string of the molecule is C1=CC2OCN(c3ccccc3)CC2CC1C=C1C=C2CN(c3ccccc3)COC2=CC1. The Labute approximate surface area is 196 Å². The van der Waals surface area contributed by atoms with Crippen LogP contribution in [0.25, 0.3) is 0 Å². The van der Waals surface area contributed by atoms with E-state index >= 15 is 0 Å². The predicted molar refractivity (Wildman–Crippen MR) is 133 cm³/mol. The van der Waals surface area contributed by atoms with E-state index in [0.717, 1.165) is 31.7 Å². The first-order chi connectivity index (χ1) is 16.3. The Balaban J connectivity index is 1.15. The Hall–Kier alpha value is -3.24. The van der Waals surface area contributed by atoms with Crippen LogP contribution in [0.4, 0.5) is 11.4 Å². The number of rotatable bonds is 3. The summed E-state index contributed by atoms with van der Waals surface area (Å²) in [5.74, 6) is 2.01. The van der Waals surface area contributed by atoms with Crippen molar-refractivity contribution in [3.05, 3.63) is 108 Å². The summed E-state index contributed by atoms with van der Waals surface area (Å²) in [6, 6.07) is 21.1. The van der Waals surface area contributed by atoms with Gasteiger partial charge < -0.3 is 19.3 Å². The molecule has 0 amide bonds. The van der Waals surface area contributed by atoms with Gasteiger partial charge in [0.15, 0.2) is 6.73 Å². The minimum atomic E-state index is 0.238. The van der Waals surface area contributed by atoms with Gasteiger partial charge in [-0.1, -0.05) is 60.7 Å². The van der Waals surface area contributed by atoms with E-state index in [9.17, 15) is 0 Å². The zero-order valence-electron chi connectivity index (χ0n) is 18.8. The number of hydrogen-bond donors (Lipinski definition) is 0. The van der Waals surface area contributed by atoms with Crippen LogP contribution in [0.15, 0.2) is 108 Å². The lowest BCUT2D eigenvalue weighted by atomic mass is 9.82. The number of nitrogens with zero attached hydrogens (tertiary/aromatic N) is 2. The third-order valence-corrected chi connectivity index (χ3v) is 7.07. The third kappa shape index (κ3) is 4.36. The average molecular weight is 439 g/mol. The molecule has 33 heavy (non-hydrogen) atoms. The summed E-state index contributed by atoms with van der Waals surface area (Å²) in [7, 11) is 0. The van der Waals surface area contributed by atoms with Gasteiger partial charge in [0.05, 0.1) is 6.10 Å². The molecule has 0 N–H and O–H groups in total. The fourth-order valence-electron chi connectivity index (χ4n) is 5.36. The van der Waals surface area contributed by atoms with Gasteiger partial charge in [-0.15, -0.1) is 0 Å². The van der Waals surface area contributed by atoms with Crippen LogP contribution in [0.3, 0.4) is 0 Å². The van der Waals surface area contributed by atoms with Gasteiger partial charge in [0.1, 0.15) is 12.5 Å². The van der Waals surface area contributed by atoms with E-state index in [1.165, 1.54) is 22.5 Å². The van der Waals surface area contributed by atoms with Crippen molar-refractivity contribution < 1.29 is 9.47 Å². The van der Waals surface area contributed by atoms with Crippen LogP contribution in [0.5, 0.6) is 0 Å². The molecule has 2 aliphatic carbocycles. The quantitative estimate of drug-likeness (QED) is 0.576. The molecular formula is C29H30N2O2. The number of anilines is 2. The molecule has 0 bridgehead atoms. The summed E-state index contributed by atoms with van der Waals surface area (Å²) in [5, 5.41) is 0. The maximum Gasteiger partial charge on any atom is 0.161 e. The van der Waals surface area contributed by atoms with Gasteiger partial charge in [0.2, 0.25) is 0 Å². The molecule has 168 valence electrons. The second-order valence-electron chi connectivity index (χ2n) is 9.35. The van der Waals surface area contributed by atoms with Gasteiger partial charge in [-0.2, -0.15) is 0 Å². The average Bonchev–Trinajstić information content (AvgIpc) is 2.89. The molecule has 3 unspecified atom stereocenters. The zero-order valence-corrected chi connectivity index (χ0v) is 18.8. The first kappa shape index (κ1) is 20.4. The van der Waals surface area contributed by atoms with Crippen LogP contribution in [-0.2, 0) is 9.47 Å². The monoisotopic (exact) mass is 438 g/mol. The van der Waals surface area contributed by atoms with Crippen molar-refractivity contribution in [2.75, 3.05) is 36.4 Å². The van der Waals surface area contributed by atoms with Crippen molar-refractivity contribution in [3.8, 4) is 0 Å². The van der Waals surface area contributed by atoms with Gasteiger partial charge in [0, 0.05) is 36.0 Å². The Morgan fingerprint density at radius 2 is 1.61 bits per heavy atom. The molecule has 6 rings (SSSR count). The second-order valence-corrected chi connectivity index (χ2v) is 9.35. The van der Waals surface area contributed by atoms with Crippen molar-refractivity contribution in [1.29, 1.82) is 0 Å². The molecule has 2 aliphatic heterocycles. The maximum atomic E-state index is 6.19. The molecule has 0 saturated carbocycles. The first-order valence-electron chi connectivity index (χ1n) is 12.0. The van der Waals surface area contributed by atoms with E-state index in [1.807, 2.05) is 0 Å². The third-order valence-electron chi connectivity index (χ3n) is 7.07. The number of benzene rings is 2. The van der Waals surface area contributed by atoms with Crippen LogP contribution >= 0.6 is 0 Å². The van der Waals surface area contributed by atoms with Gasteiger partial charge in [-0.05, 0) is 54.7 Å². The zero-order chi connectivity index (χ0) is 22.0. The topological polar surface area (TPSA) is 24.9 Å². The van der Waals surface area contributed by atoms with Gasteiger partial charge in [0.25, 0.3) is 0 Å². The van der Waals surface area contributed by atoms with E-state index in [-0.39, 0.29) is 6.10 Å². The molecule has 0 radical (unpaired) electrons. The van der Waals surface area contributed by atoms with E-state index in [0.29, 0.717) is 25.3 Å². The molecule has 2 saturated heterocycles. The van der Waals surface area contributed by atoms with Crippen molar-refractivity contribution in [1.82, 2.24) is 0 Å². The first-order valence-corrected chi connectivity index (χ1v) is 12.0. The highest BCUT2D eigenvalue weighted by Crippen LogP contribution is 2.35. The smallest absolute Gasteiger partial charge is 0.161 e. The Morgan fingerprint density at radius 3 is 2.39 bits per heavy atom. The van der Waals surface area contributed by atoms with Crippen molar-refractivity contribution in [3.63, 3.8) is 0 Å². The molecule has 2 heterocycles. The predicted octanol–water partition coefficient (Wildman–Crippen LogP) is 5.68. The van der Waals surface area contributed by atoms with Crippen LogP contribution in [0, 0.1) is 11.8 Å². The molecule has 4 heteroatoms. The maximum absolute atomic E-state index is 6.19. The number of hydrogen-bond acceptors (Lipinski definition) is 4. The fraction of sp³-hybridized carbons (Fsp3) is 0.310. The standard InChI is InChI=1S/C29H30N2O2/c1-3-7-26(8-4-1)30-18-24-16-22(11-13-28(24)32-20-30)15-23-12-14-29-25(17-23)19-31(21-33-29)27-9-5-2-6-10-27/h1-11,13-15,17,22,24,28H,12,16,18-21H2. The minimum Gasteiger partial charge on any atom is -0.473 e. The van der Waals surface area contributed by atoms with Gasteiger partial charge in [-0.25, -0.2) is 0 Å². The van der Waals surface area contributed by atoms with Gasteiger partial charge in [-0.3, -0.25) is 0 Å². The summed E-state index contributed by atoms with van der Waals surface area (Å²) >= 11 is 0. The molecule has 2 aromatic carbocycles. The molecule has 4 aliphatic rings. The van der Waals surface area contributed by atoms with Crippen LogP contribution in [0.2, 0.25) is 0 Å². The van der Waals surface area contributed by atoms with Crippen molar-refractivity contribution in [2.45, 2.75) is 18.9 Å². The van der Waals surface area contributed by atoms with Crippen molar-refractivity contribution in [2.24, 2.45) is 11.8 Å². The number of fused-ring (bicyclic) bond motifs is 2. The molecular weight excluding hydrogens is 408 g/mol. The lowest BCUT2D eigenvalue weighted by Crippen LogP contribution is -2.46. The highest BCUT2D eigenvalue weighted by Gasteiger charge is 2.32. The normalized spacial score (nSPS) is 27.9. The second kappa shape index (κ2) is 8.95. The summed E-state index contributed by atoms with van der Waals surface area (Å²) in [5.41, 5.74) is 5.11. The number of ether oxygens (including phenoxy) is 2. The number of allylic oxidation sites excluding steroid dienone is 5. The van der Waals surface area contributed by atoms with Gasteiger partial charge >= 0.3 is 0 Å². The minimum absolute atomic E-state index is 0.238. The Morgan fingerprint density at radius 1 is 0.848 bits per heavy atom. The lowest BCUT2D eigenvalue weighted by molar-refractivity contribution is 0.00632. The van der Waals surface area contributed by atoms with E-state index < -0.39 is 0 Å². The Kier molecular flexibility index (Phi) is 5.53. The molecule has 2 aromatic rings. The van der Waals surface area contributed by atoms with E-state index in [4.69, 9.17) is 9.47 Å². The van der Waals surface area contributed by atoms with Crippen LogP contribution in [-0.4, -0.2) is 32.7 Å². The number of para-hydroxylation sites is 2. The lowest BCUT2D eigenvalue weighted by Gasteiger charge is -2.41. The molecule has 0 spiro atoms. The van der Waals surface area contributed by atoms with E-state index in [2.05, 4.69) is 101 Å².